The lowest BCUT2D eigenvalue weighted by Gasteiger charge is -2.30. The van der Waals surface area contributed by atoms with Gasteiger partial charge < -0.3 is 15.4 Å². The minimum absolute atomic E-state index is 0.181. The van der Waals surface area contributed by atoms with Gasteiger partial charge in [0.1, 0.15) is 0 Å². The van der Waals surface area contributed by atoms with Crippen molar-refractivity contribution in [2.24, 2.45) is 5.92 Å². The van der Waals surface area contributed by atoms with Gasteiger partial charge in [-0.2, -0.15) is 0 Å². The maximum atomic E-state index is 5.60. The fourth-order valence-electron chi connectivity index (χ4n) is 1.94. The van der Waals surface area contributed by atoms with Crippen LogP contribution in [0, 0.1) is 5.92 Å². The average Bonchev–Trinajstić information content (AvgIpc) is 2.54. The van der Waals surface area contributed by atoms with Gasteiger partial charge in [0.15, 0.2) is 0 Å². The first kappa shape index (κ1) is 12.9. The van der Waals surface area contributed by atoms with Crippen LogP contribution in [0.4, 0.5) is 0 Å². The van der Waals surface area contributed by atoms with Crippen LogP contribution in [0.1, 0.15) is 34.1 Å². The quantitative estimate of drug-likeness (QED) is 0.701. The molecule has 0 aromatic carbocycles. The highest BCUT2D eigenvalue weighted by molar-refractivity contribution is 4.93. The molecule has 0 amide bonds. The highest BCUT2D eigenvalue weighted by atomic mass is 16.5. The van der Waals surface area contributed by atoms with Crippen molar-refractivity contribution in [1.82, 2.24) is 10.6 Å². The number of hydrogen-bond donors (Lipinski definition) is 2. The van der Waals surface area contributed by atoms with Crippen LogP contribution in [0.3, 0.4) is 0 Å². The van der Waals surface area contributed by atoms with Crippen LogP contribution in [0.15, 0.2) is 0 Å². The molecule has 1 aliphatic heterocycles. The summed E-state index contributed by atoms with van der Waals surface area (Å²) in [6, 6.07) is 0. The molecule has 3 unspecified atom stereocenters. The number of hydrogen-bond acceptors (Lipinski definition) is 3. The van der Waals surface area contributed by atoms with Gasteiger partial charge in [0.05, 0.1) is 6.10 Å². The summed E-state index contributed by atoms with van der Waals surface area (Å²) >= 11 is 0. The molecule has 0 spiro atoms. The summed E-state index contributed by atoms with van der Waals surface area (Å²) in [6.07, 6.45) is 1.46. The summed E-state index contributed by atoms with van der Waals surface area (Å²) in [6.45, 7) is 13.0. The van der Waals surface area contributed by atoms with Crippen molar-refractivity contribution < 1.29 is 4.74 Å². The third-order valence-corrected chi connectivity index (χ3v) is 3.48. The van der Waals surface area contributed by atoms with E-state index in [1.54, 1.807) is 0 Å². The largest absolute Gasteiger partial charge is 0.377 e. The molecule has 3 nitrogen and oxygen atoms in total. The highest BCUT2D eigenvalue weighted by Gasteiger charge is 2.36. The van der Waals surface area contributed by atoms with Gasteiger partial charge in [0, 0.05) is 12.1 Å². The van der Waals surface area contributed by atoms with Crippen LogP contribution in [-0.2, 0) is 4.74 Å². The Morgan fingerprint density at radius 2 is 2.20 bits per heavy atom. The molecule has 0 aliphatic carbocycles. The molecule has 3 heteroatoms. The third-order valence-electron chi connectivity index (χ3n) is 3.48. The Bertz CT molecular complexity index is 186. The zero-order valence-electron chi connectivity index (χ0n) is 10.6. The highest BCUT2D eigenvalue weighted by Crippen LogP contribution is 2.24. The molecule has 1 saturated heterocycles. The Morgan fingerprint density at radius 1 is 1.47 bits per heavy atom. The number of rotatable bonds is 6. The summed E-state index contributed by atoms with van der Waals surface area (Å²) in [7, 11) is 0. The van der Waals surface area contributed by atoms with E-state index in [9.17, 15) is 0 Å². The van der Waals surface area contributed by atoms with Gasteiger partial charge in [0.2, 0.25) is 0 Å². The van der Waals surface area contributed by atoms with Crippen LogP contribution < -0.4 is 10.6 Å². The summed E-state index contributed by atoms with van der Waals surface area (Å²) in [5.41, 5.74) is 0.181. The smallest absolute Gasteiger partial charge is 0.0726 e. The first-order chi connectivity index (χ1) is 7.08. The van der Waals surface area contributed by atoms with Crippen LogP contribution in [0.2, 0.25) is 0 Å². The molecule has 0 radical (unpaired) electrons. The molecule has 0 bridgehead atoms. The number of nitrogens with one attached hydrogen (secondary N) is 2. The van der Waals surface area contributed by atoms with Crippen LogP contribution in [0.5, 0.6) is 0 Å². The minimum atomic E-state index is 0.181. The Kier molecular flexibility index (Phi) is 5.03. The second-order valence-electron chi connectivity index (χ2n) is 4.97. The van der Waals surface area contributed by atoms with E-state index in [-0.39, 0.29) is 5.54 Å². The second-order valence-corrected chi connectivity index (χ2v) is 4.97. The summed E-state index contributed by atoms with van der Waals surface area (Å²) in [5.74, 6) is 0.676. The van der Waals surface area contributed by atoms with E-state index in [1.807, 2.05) is 0 Å². The molecule has 15 heavy (non-hydrogen) atoms. The molecule has 0 saturated carbocycles. The van der Waals surface area contributed by atoms with Crippen molar-refractivity contribution in [1.29, 1.82) is 0 Å². The van der Waals surface area contributed by atoms with Crippen LogP contribution in [0.25, 0.3) is 0 Å². The molecule has 3 atom stereocenters. The molecule has 2 N–H and O–H groups in total. The summed E-state index contributed by atoms with van der Waals surface area (Å²) in [4.78, 5) is 0. The van der Waals surface area contributed by atoms with E-state index >= 15 is 0 Å². The maximum Gasteiger partial charge on any atom is 0.0726 e. The van der Waals surface area contributed by atoms with Crippen LogP contribution in [-0.4, -0.2) is 37.9 Å². The van der Waals surface area contributed by atoms with E-state index in [4.69, 9.17) is 4.74 Å². The molecule has 1 fully saturated rings. The fraction of sp³-hybridized carbons (Fsp3) is 1.00. The van der Waals surface area contributed by atoms with Gasteiger partial charge in [-0.05, 0) is 45.8 Å². The Morgan fingerprint density at radius 3 is 2.73 bits per heavy atom. The lowest BCUT2D eigenvalue weighted by Crippen LogP contribution is -2.50. The average molecular weight is 214 g/mol. The standard InChI is InChI=1S/C12H26N2O/c1-5-13-8-10(2)9-14-12(4)6-7-15-11(12)3/h10-11,13-14H,5-9H2,1-4H3. The Balaban J connectivity index is 2.23. The normalized spacial score (nSPS) is 33.2. The fourth-order valence-corrected chi connectivity index (χ4v) is 1.94. The molecule has 90 valence electrons. The third kappa shape index (κ3) is 3.74. The SMILES string of the molecule is CCNCC(C)CNC1(C)CCOC1C. The minimum Gasteiger partial charge on any atom is -0.377 e. The van der Waals surface area contributed by atoms with Crippen molar-refractivity contribution in [2.75, 3.05) is 26.2 Å². The van der Waals surface area contributed by atoms with Gasteiger partial charge in [-0.15, -0.1) is 0 Å². The summed E-state index contributed by atoms with van der Waals surface area (Å²) < 4.78 is 5.60. The first-order valence-electron chi connectivity index (χ1n) is 6.16. The van der Waals surface area contributed by atoms with Crippen molar-refractivity contribution in [3.63, 3.8) is 0 Å². The molecular formula is C12H26N2O. The van der Waals surface area contributed by atoms with Crippen molar-refractivity contribution in [2.45, 2.75) is 45.8 Å². The molecule has 1 aliphatic rings. The first-order valence-corrected chi connectivity index (χ1v) is 6.16. The molecular weight excluding hydrogens is 188 g/mol. The van der Waals surface area contributed by atoms with Crippen molar-refractivity contribution in [3.8, 4) is 0 Å². The van der Waals surface area contributed by atoms with Gasteiger partial charge in [-0.25, -0.2) is 0 Å². The lowest BCUT2D eigenvalue weighted by atomic mass is 9.94. The second kappa shape index (κ2) is 5.83. The monoisotopic (exact) mass is 214 g/mol. The summed E-state index contributed by atoms with van der Waals surface area (Å²) in [5, 5.41) is 7.03. The van der Waals surface area contributed by atoms with Crippen molar-refractivity contribution >= 4 is 0 Å². The lowest BCUT2D eigenvalue weighted by molar-refractivity contribution is 0.0874. The van der Waals surface area contributed by atoms with Gasteiger partial charge in [0.25, 0.3) is 0 Å². The van der Waals surface area contributed by atoms with Crippen LogP contribution >= 0.6 is 0 Å². The van der Waals surface area contributed by atoms with E-state index in [0.29, 0.717) is 12.0 Å². The molecule has 1 rings (SSSR count). The van der Waals surface area contributed by atoms with E-state index in [1.165, 1.54) is 0 Å². The molecule has 0 aromatic rings. The topological polar surface area (TPSA) is 33.3 Å². The zero-order valence-corrected chi connectivity index (χ0v) is 10.6. The van der Waals surface area contributed by atoms with E-state index in [0.717, 1.165) is 32.7 Å². The van der Waals surface area contributed by atoms with Gasteiger partial charge >= 0.3 is 0 Å². The predicted octanol–water partition coefficient (Wildman–Crippen LogP) is 1.39. The zero-order chi connectivity index (χ0) is 11.3. The maximum absolute atomic E-state index is 5.60. The van der Waals surface area contributed by atoms with Gasteiger partial charge in [-0.3, -0.25) is 0 Å². The Labute approximate surface area is 94.0 Å². The predicted molar refractivity (Wildman–Crippen MR) is 64.1 cm³/mol. The molecule has 0 aromatic heterocycles. The number of ether oxygens (including phenoxy) is 1. The van der Waals surface area contributed by atoms with Gasteiger partial charge in [-0.1, -0.05) is 13.8 Å². The Hall–Kier alpha value is -0.120. The molecule has 1 heterocycles. The van der Waals surface area contributed by atoms with Crippen molar-refractivity contribution in [3.05, 3.63) is 0 Å². The van der Waals surface area contributed by atoms with E-state index in [2.05, 4.69) is 38.3 Å². The van der Waals surface area contributed by atoms with E-state index < -0.39 is 0 Å².